The third-order valence-electron chi connectivity index (χ3n) is 5.70. The van der Waals surface area contributed by atoms with Crippen LogP contribution in [0.3, 0.4) is 0 Å². The van der Waals surface area contributed by atoms with Crippen molar-refractivity contribution in [2.24, 2.45) is 0 Å². The first-order valence-corrected chi connectivity index (χ1v) is 14.5. The highest BCUT2D eigenvalue weighted by Gasteiger charge is 2.23. The molecule has 2 N–H and O–H groups in total. The van der Waals surface area contributed by atoms with E-state index >= 15 is 0 Å². The normalized spacial score (nSPS) is 11.9. The molecular formula is C25H28ClN3O5S2. The van der Waals surface area contributed by atoms with Gasteiger partial charge in [0.25, 0.3) is 15.9 Å². The summed E-state index contributed by atoms with van der Waals surface area (Å²) in [6.45, 7) is 8.00. The Bertz CT molecular complexity index is 1480. The number of aryl methyl sites for hydroxylation is 2. The van der Waals surface area contributed by atoms with Gasteiger partial charge in [-0.3, -0.25) is 9.52 Å². The summed E-state index contributed by atoms with van der Waals surface area (Å²) in [5.74, 6) is -0.575. The summed E-state index contributed by atoms with van der Waals surface area (Å²) >= 11 is 6.17. The van der Waals surface area contributed by atoms with Gasteiger partial charge in [0.2, 0.25) is 10.0 Å². The third-order valence-corrected chi connectivity index (χ3v) is 9.62. The molecule has 0 heterocycles. The predicted molar refractivity (Wildman–Crippen MR) is 143 cm³/mol. The molecule has 3 aromatic rings. The molecule has 0 bridgehead atoms. The molecule has 0 saturated carbocycles. The van der Waals surface area contributed by atoms with E-state index in [2.05, 4.69) is 10.0 Å². The maximum absolute atomic E-state index is 13.0. The lowest BCUT2D eigenvalue weighted by Gasteiger charge is -2.18. The van der Waals surface area contributed by atoms with Crippen LogP contribution in [0.2, 0.25) is 5.02 Å². The van der Waals surface area contributed by atoms with Gasteiger partial charge >= 0.3 is 0 Å². The van der Waals surface area contributed by atoms with Gasteiger partial charge in [-0.2, -0.15) is 4.31 Å². The molecule has 8 nitrogen and oxygen atoms in total. The fraction of sp³-hybridized carbons (Fsp3) is 0.240. The van der Waals surface area contributed by atoms with Crippen LogP contribution in [-0.2, 0) is 20.0 Å². The van der Waals surface area contributed by atoms with Crippen LogP contribution in [0.4, 0.5) is 11.4 Å². The minimum absolute atomic E-state index is 0.0335. The molecule has 0 radical (unpaired) electrons. The summed E-state index contributed by atoms with van der Waals surface area (Å²) in [6, 6.07) is 14.9. The van der Waals surface area contributed by atoms with Crippen molar-refractivity contribution in [2.75, 3.05) is 23.1 Å². The Morgan fingerprint density at radius 1 is 0.833 bits per heavy atom. The summed E-state index contributed by atoms with van der Waals surface area (Å²) in [6.07, 6.45) is 0. The average Bonchev–Trinajstić information content (AvgIpc) is 2.82. The third kappa shape index (κ3) is 6.07. The molecule has 0 saturated heterocycles. The fourth-order valence-electron chi connectivity index (χ4n) is 3.49. The van der Waals surface area contributed by atoms with Crippen LogP contribution in [0.5, 0.6) is 0 Å². The molecule has 0 aliphatic rings. The standard InChI is InChI=1S/C25H28ClN3O5S2/c1-5-29(6-2)36(33,34)22-12-10-20(11-13-22)27-25(30)19-8-14-23(26)24(16-19)35(31,32)28-21-9-7-17(3)18(4)15-21/h7-16,28H,5-6H2,1-4H3,(H,27,30). The molecule has 0 aliphatic carbocycles. The first-order valence-electron chi connectivity index (χ1n) is 11.2. The Labute approximate surface area is 217 Å². The minimum atomic E-state index is -4.07. The number of rotatable bonds is 9. The Balaban J connectivity index is 1.82. The topological polar surface area (TPSA) is 113 Å². The van der Waals surface area contributed by atoms with Crippen LogP contribution in [0, 0.1) is 13.8 Å². The Morgan fingerprint density at radius 2 is 1.44 bits per heavy atom. The fourth-order valence-corrected chi connectivity index (χ4v) is 6.53. The summed E-state index contributed by atoms with van der Waals surface area (Å²) in [7, 11) is -7.70. The molecule has 11 heteroatoms. The van der Waals surface area contributed by atoms with Crippen molar-refractivity contribution >= 4 is 48.9 Å². The Morgan fingerprint density at radius 3 is 2.03 bits per heavy atom. The van der Waals surface area contributed by atoms with Gasteiger partial charge in [-0.1, -0.05) is 31.5 Å². The van der Waals surface area contributed by atoms with Gasteiger partial charge in [-0.15, -0.1) is 0 Å². The zero-order valence-corrected chi connectivity index (χ0v) is 22.8. The van der Waals surface area contributed by atoms with E-state index in [0.29, 0.717) is 24.5 Å². The highest BCUT2D eigenvalue weighted by Crippen LogP contribution is 2.27. The molecule has 0 unspecified atom stereocenters. The van der Waals surface area contributed by atoms with Crippen molar-refractivity contribution in [2.45, 2.75) is 37.5 Å². The van der Waals surface area contributed by atoms with E-state index < -0.39 is 26.0 Å². The summed E-state index contributed by atoms with van der Waals surface area (Å²) in [4.78, 5) is 12.7. The van der Waals surface area contributed by atoms with E-state index in [0.717, 1.165) is 11.1 Å². The van der Waals surface area contributed by atoms with Crippen LogP contribution >= 0.6 is 11.6 Å². The molecule has 3 aromatic carbocycles. The lowest BCUT2D eigenvalue weighted by atomic mass is 10.1. The smallest absolute Gasteiger partial charge is 0.263 e. The highest BCUT2D eigenvalue weighted by molar-refractivity contribution is 7.92. The number of hydrogen-bond acceptors (Lipinski definition) is 5. The molecule has 0 atom stereocenters. The van der Waals surface area contributed by atoms with Gasteiger partial charge in [0.05, 0.1) is 9.92 Å². The molecule has 0 spiro atoms. The Kier molecular flexibility index (Phi) is 8.45. The number of hydrogen-bond donors (Lipinski definition) is 2. The number of sulfonamides is 2. The van der Waals surface area contributed by atoms with Crippen LogP contribution in [0.15, 0.2) is 70.5 Å². The number of anilines is 2. The van der Waals surface area contributed by atoms with Crippen molar-refractivity contribution in [3.8, 4) is 0 Å². The van der Waals surface area contributed by atoms with Gasteiger partial charge in [0.15, 0.2) is 0 Å². The molecule has 0 fully saturated rings. The van der Waals surface area contributed by atoms with Crippen LogP contribution in [0.25, 0.3) is 0 Å². The van der Waals surface area contributed by atoms with Crippen molar-refractivity contribution in [1.29, 1.82) is 0 Å². The molecule has 1 amide bonds. The van der Waals surface area contributed by atoms with E-state index in [9.17, 15) is 21.6 Å². The van der Waals surface area contributed by atoms with Gasteiger partial charge in [0.1, 0.15) is 4.90 Å². The first-order chi connectivity index (χ1) is 16.9. The molecule has 192 valence electrons. The highest BCUT2D eigenvalue weighted by atomic mass is 35.5. The molecule has 0 aliphatic heterocycles. The number of nitrogens with zero attached hydrogens (tertiary/aromatic N) is 1. The number of halogens is 1. The van der Waals surface area contributed by atoms with Gasteiger partial charge in [-0.05, 0) is 79.6 Å². The molecule has 36 heavy (non-hydrogen) atoms. The predicted octanol–water partition coefficient (Wildman–Crippen LogP) is 5.04. The van der Waals surface area contributed by atoms with Gasteiger partial charge in [-0.25, -0.2) is 16.8 Å². The van der Waals surface area contributed by atoms with Gasteiger partial charge < -0.3 is 5.32 Å². The van der Waals surface area contributed by atoms with E-state index in [1.807, 2.05) is 13.8 Å². The van der Waals surface area contributed by atoms with Crippen molar-refractivity contribution in [3.63, 3.8) is 0 Å². The summed E-state index contributed by atoms with van der Waals surface area (Å²) in [5, 5.41) is 2.62. The average molecular weight is 550 g/mol. The molecule has 0 aromatic heterocycles. The van der Waals surface area contributed by atoms with Crippen molar-refractivity contribution < 1.29 is 21.6 Å². The SMILES string of the molecule is CCN(CC)S(=O)(=O)c1ccc(NC(=O)c2ccc(Cl)c(S(=O)(=O)Nc3ccc(C)c(C)c3)c2)cc1. The molecule has 3 rings (SSSR count). The number of carbonyl (C=O) groups excluding carboxylic acids is 1. The van der Waals surface area contributed by atoms with E-state index in [1.165, 1.54) is 46.8 Å². The number of amides is 1. The quantitative estimate of drug-likeness (QED) is 0.388. The van der Waals surface area contributed by atoms with E-state index in [4.69, 9.17) is 11.6 Å². The van der Waals surface area contributed by atoms with Crippen molar-refractivity contribution in [1.82, 2.24) is 4.31 Å². The zero-order valence-electron chi connectivity index (χ0n) is 20.4. The monoisotopic (exact) mass is 549 g/mol. The van der Waals surface area contributed by atoms with Crippen LogP contribution < -0.4 is 10.0 Å². The number of benzene rings is 3. The number of nitrogens with one attached hydrogen (secondary N) is 2. The second-order valence-electron chi connectivity index (χ2n) is 8.12. The van der Waals surface area contributed by atoms with Crippen molar-refractivity contribution in [3.05, 3.63) is 82.4 Å². The van der Waals surface area contributed by atoms with Gasteiger partial charge in [0, 0.05) is 30.0 Å². The Hall–Kier alpha value is -2.92. The van der Waals surface area contributed by atoms with E-state index in [1.54, 1.807) is 32.0 Å². The lowest BCUT2D eigenvalue weighted by molar-refractivity contribution is 0.102. The summed E-state index contributed by atoms with van der Waals surface area (Å²) < 4.78 is 55.1. The number of carbonyl (C=O) groups is 1. The summed E-state index contributed by atoms with van der Waals surface area (Å²) in [5.41, 5.74) is 2.74. The molecular weight excluding hydrogens is 522 g/mol. The largest absolute Gasteiger partial charge is 0.322 e. The van der Waals surface area contributed by atoms with Crippen LogP contribution in [0.1, 0.15) is 35.3 Å². The lowest BCUT2D eigenvalue weighted by Crippen LogP contribution is -2.30. The zero-order chi connectivity index (χ0) is 26.7. The van der Waals surface area contributed by atoms with E-state index in [-0.39, 0.29) is 20.4 Å². The second kappa shape index (κ2) is 11.0. The second-order valence-corrected chi connectivity index (χ2v) is 12.1. The van der Waals surface area contributed by atoms with Crippen LogP contribution in [-0.4, -0.2) is 40.1 Å². The first kappa shape index (κ1) is 27.7. The maximum atomic E-state index is 13.0. The minimum Gasteiger partial charge on any atom is -0.322 e. The maximum Gasteiger partial charge on any atom is 0.263 e.